The second-order valence-electron chi connectivity index (χ2n) is 7.58. The van der Waals surface area contributed by atoms with Crippen molar-refractivity contribution in [1.82, 2.24) is 9.88 Å². The van der Waals surface area contributed by atoms with Crippen LogP contribution in [0.25, 0.3) is 0 Å². The third-order valence-corrected chi connectivity index (χ3v) is 5.04. The van der Waals surface area contributed by atoms with E-state index in [1.807, 2.05) is 54.4 Å². The number of esters is 1. The molecule has 1 heterocycles. The number of hydrogen-bond donors (Lipinski definition) is 0. The summed E-state index contributed by atoms with van der Waals surface area (Å²) in [4.78, 5) is 32.7. The number of ether oxygens (including phenoxy) is 2. The highest BCUT2D eigenvalue weighted by Gasteiger charge is 2.20. The Balaban J connectivity index is 1.60. The Morgan fingerprint density at radius 1 is 1.00 bits per heavy atom. The summed E-state index contributed by atoms with van der Waals surface area (Å²) in [5, 5.41) is 0. The molecule has 3 rings (SSSR count). The van der Waals surface area contributed by atoms with Crippen molar-refractivity contribution in [3.63, 3.8) is 0 Å². The molecule has 0 spiro atoms. The molecule has 0 radical (unpaired) electrons. The van der Waals surface area contributed by atoms with Crippen LogP contribution < -0.4 is 9.64 Å². The highest BCUT2D eigenvalue weighted by Crippen LogP contribution is 2.16. The summed E-state index contributed by atoms with van der Waals surface area (Å²) in [6.45, 7) is 3.05. The normalized spacial score (nSPS) is 10.4. The van der Waals surface area contributed by atoms with Gasteiger partial charge >= 0.3 is 5.97 Å². The van der Waals surface area contributed by atoms with Crippen LogP contribution >= 0.6 is 0 Å². The van der Waals surface area contributed by atoms with Crippen LogP contribution in [0.15, 0.2) is 72.9 Å². The summed E-state index contributed by atoms with van der Waals surface area (Å²) in [5.41, 5.74) is 1.11. The number of anilines is 1. The number of halogens is 1. The fraction of sp³-hybridized carbons (Fsp3) is 0.269. The van der Waals surface area contributed by atoms with Crippen LogP contribution in [0.4, 0.5) is 10.2 Å². The fourth-order valence-electron chi connectivity index (χ4n) is 3.24. The molecular weight excluding hydrogens is 437 g/mol. The zero-order chi connectivity index (χ0) is 24.3. The maximum atomic E-state index is 13.2. The lowest BCUT2D eigenvalue weighted by molar-refractivity contribution is -0.143. The number of nitrogens with zero attached hydrogens (tertiary/aromatic N) is 3. The average molecular weight is 466 g/mol. The van der Waals surface area contributed by atoms with Gasteiger partial charge in [0.15, 0.2) is 0 Å². The lowest BCUT2D eigenvalue weighted by atomic mass is 10.1. The summed E-state index contributed by atoms with van der Waals surface area (Å²) in [6.07, 6.45) is 1.75. The molecular formula is C26H28FN3O4. The quantitative estimate of drug-likeness (QED) is 0.400. The molecule has 0 atom stereocenters. The van der Waals surface area contributed by atoms with E-state index in [0.717, 1.165) is 11.4 Å². The van der Waals surface area contributed by atoms with Crippen LogP contribution in [-0.4, -0.2) is 55.1 Å². The van der Waals surface area contributed by atoms with Gasteiger partial charge in [0.25, 0.3) is 5.91 Å². The molecule has 7 nitrogen and oxygen atoms in total. The van der Waals surface area contributed by atoms with Gasteiger partial charge < -0.3 is 19.3 Å². The Labute approximate surface area is 198 Å². The van der Waals surface area contributed by atoms with E-state index in [4.69, 9.17) is 9.47 Å². The number of likely N-dealkylation sites (N-methyl/N-ethyl adjacent to an activating group) is 1. The highest BCUT2D eigenvalue weighted by molar-refractivity contribution is 5.95. The van der Waals surface area contributed by atoms with E-state index in [0.29, 0.717) is 24.5 Å². The van der Waals surface area contributed by atoms with E-state index in [-0.39, 0.29) is 25.6 Å². The van der Waals surface area contributed by atoms with Gasteiger partial charge in [0.05, 0.1) is 13.2 Å². The van der Waals surface area contributed by atoms with E-state index in [9.17, 15) is 14.0 Å². The molecule has 0 bridgehead atoms. The van der Waals surface area contributed by atoms with Crippen LogP contribution in [0.3, 0.4) is 0 Å². The van der Waals surface area contributed by atoms with Crippen LogP contribution in [0.1, 0.15) is 22.8 Å². The van der Waals surface area contributed by atoms with Crippen molar-refractivity contribution in [2.24, 2.45) is 0 Å². The van der Waals surface area contributed by atoms with Crippen molar-refractivity contribution in [3.8, 4) is 5.75 Å². The zero-order valence-electron chi connectivity index (χ0n) is 19.3. The number of benzene rings is 2. The standard InChI is InChI=1S/C26H28FN3O4/c1-3-33-25(31)19-30(26(32)21-9-11-22(27)12-10-21)18-20-7-13-23(14-8-20)34-17-16-29(2)24-6-4-5-15-28-24/h4-15H,3,16-19H2,1-2H3. The Morgan fingerprint density at radius 2 is 1.74 bits per heavy atom. The Kier molecular flexibility index (Phi) is 8.96. The fourth-order valence-corrected chi connectivity index (χ4v) is 3.24. The first-order valence-electron chi connectivity index (χ1n) is 11.0. The SMILES string of the molecule is CCOC(=O)CN(Cc1ccc(OCCN(C)c2ccccn2)cc1)C(=O)c1ccc(F)cc1. The molecule has 1 amide bonds. The van der Waals surface area contributed by atoms with Gasteiger partial charge in [-0.15, -0.1) is 0 Å². The number of carbonyl (C=O) groups excluding carboxylic acids is 2. The molecule has 1 aromatic heterocycles. The Bertz CT molecular complexity index is 1060. The van der Waals surface area contributed by atoms with Gasteiger partial charge in [0.2, 0.25) is 0 Å². The molecule has 0 fully saturated rings. The number of amides is 1. The number of pyridine rings is 1. The molecule has 0 N–H and O–H groups in total. The van der Waals surface area contributed by atoms with Crippen LogP contribution in [-0.2, 0) is 16.1 Å². The van der Waals surface area contributed by atoms with E-state index in [2.05, 4.69) is 4.98 Å². The van der Waals surface area contributed by atoms with Gasteiger partial charge in [-0.1, -0.05) is 18.2 Å². The van der Waals surface area contributed by atoms with E-state index in [1.165, 1.54) is 29.2 Å². The third-order valence-electron chi connectivity index (χ3n) is 5.04. The maximum absolute atomic E-state index is 13.2. The number of aromatic nitrogens is 1. The topological polar surface area (TPSA) is 72.0 Å². The predicted molar refractivity (Wildman–Crippen MR) is 127 cm³/mol. The lowest BCUT2D eigenvalue weighted by Gasteiger charge is -2.22. The molecule has 0 saturated heterocycles. The third kappa shape index (κ3) is 7.30. The van der Waals surface area contributed by atoms with E-state index < -0.39 is 11.8 Å². The van der Waals surface area contributed by atoms with Crippen LogP contribution in [0, 0.1) is 5.82 Å². The Morgan fingerprint density at radius 3 is 2.38 bits per heavy atom. The minimum absolute atomic E-state index is 0.192. The summed E-state index contributed by atoms with van der Waals surface area (Å²) in [5.74, 6) is 0.241. The van der Waals surface area contributed by atoms with Gasteiger partial charge in [0.1, 0.15) is 30.5 Å². The molecule has 8 heteroatoms. The van der Waals surface area contributed by atoms with Crippen molar-refractivity contribution in [3.05, 3.63) is 89.9 Å². The highest BCUT2D eigenvalue weighted by atomic mass is 19.1. The molecule has 3 aromatic rings. The predicted octanol–water partition coefficient (Wildman–Crippen LogP) is 3.94. The number of carbonyl (C=O) groups is 2. The van der Waals surface area contributed by atoms with Gasteiger partial charge in [-0.2, -0.15) is 0 Å². The van der Waals surface area contributed by atoms with Crippen molar-refractivity contribution < 1.29 is 23.5 Å². The molecule has 178 valence electrons. The number of rotatable bonds is 11. The summed E-state index contributed by atoms with van der Waals surface area (Å²) in [7, 11) is 1.95. The minimum Gasteiger partial charge on any atom is -0.492 e. The summed E-state index contributed by atoms with van der Waals surface area (Å²) >= 11 is 0. The molecule has 0 aliphatic carbocycles. The molecule has 0 saturated carbocycles. The maximum Gasteiger partial charge on any atom is 0.325 e. The first-order valence-corrected chi connectivity index (χ1v) is 11.0. The van der Waals surface area contributed by atoms with Crippen LogP contribution in [0.2, 0.25) is 0 Å². The molecule has 2 aromatic carbocycles. The molecule has 0 unspecified atom stereocenters. The van der Waals surface area contributed by atoms with Crippen molar-refractivity contribution >= 4 is 17.7 Å². The Hall–Kier alpha value is -3.94. The molecule has 34 heavy (non-hydrogen) atoms. The average Bonchev–Trinajstić information content (AvgIpc) is 2.85. The smallest absolute Gasteiger partial charge is 0.325 e. The molecule has 0 aliphatic rings. The summed E-state index contributed by atoms with van der Waals surface area (Å²) < 4.78 is 24.1. The van der Waals surface area contributed by atoms with Crippen LogP contribution in [0.5, 0.6) is 5.75 Å². The summed E-state index contributed by atoms with van der Waals surface area (Å²) in [6, 6.07) is 18.3. The van der Waals surface area contributed by atoms with Gasteiger partial charge in [-0.05, 0) is 61.0 Å². The second kappa shape index (κ2) is 12.3. The first kappa shape index (κ1) is 24.7. The zero-order valence-corrected chi connectivity index (χ0v) is 19.3. The van der Waals surface area contributed by atoms with Crippen molar-refractivity contribution in [1.29, 1.82) is 0 Å². The monoisotopic (exact) mass is 465 g/mol. The minimum atomic E-state index is -0.505. The van der Waals surface area contributed by atoms with Crippen molar-refractivity contribution in [2.75, 3.05) is 38.3 Å². The first-order chi connectivity index (χ1) is 16.5. The van der Waals surface area contributed by atoms with Gasteiger partial charge in [-0.3, -0.25) is 9.59 Å². The van der Waals surface area contributed by atoms with E-state index in [1.54, 1.807) is 13.1 Å². The largest absolute Gasteiger partial charge is 0.492 e. The van der Waals surface area contributed by atoms with Gasteiger partial charge in [0, 0.05) is 25.4 Å². The molecule has 0 aliphatic heterocycles. The van der Waals surface area contributed by atoms with Gasteiger partial charge in [-0.25, -0.2) is 9.37 Å². The van der Waals surface area contributed by atoms with Crippen molar-refractivity contribution in [2.45, 2.75) is 13.5 Å². The number of hydrogen-bond acceptors (Lipinski definition) is 6. The second-order valence-corrected chi connectivity index (χ2v) is 7.58. The lowest BCUT2D eigenvalue weighted by Crippen LogP contribution is -2.36. The van der Waals surface area contributed by atoms with E-state index >= 15 is 0 Å².